The summed E-state index contributed by atoms with van der Waals surface area (Å²) in [7, 11) is 0. The quantitative estimate of drug-likeness (QED) is 0.557. The van der Waals surface area contributed by atoms with Gasteiger partial charge >= 0.3 is 0 Å². The second-order valence-electron chi connectivity index (χ2n) is 7.67. The summed E-state index contributed by atoms with van der Waals surface area (Å²) in [5, 5.41) is 16.8. The minimum atomic E-state index is -0.258. The fourth-order valence-electron chi connectivity index (χ4n) is 4.37. The molecule has 0 amide bonds. The van der Waals surface area contributed by atoms with Crippen LogP contribution in [0, 0.1) is 0 Å². The van der Waals surface area contributed by atoms with Crippen LogP contribution in [0.15, 0.2) is 90.1 Å². The molecular formula is C25H22N2O2. The minimum absolute atomic E-state index is 0.158. The number of hydrogen-bond donors (Lipinski definition) is 3. The van der Waals surface area contributed by atoms with Crippen LogP contribution >= 0.6 is 0 Å². The predicted octanol–water partition coefficient (Wildman–Crippen LogP) is 5.37. The van der Waals surface area contributed by atoms with Crippen molar-refractivity contribution in [2.75, 3.05) is 10.6 Å². The number of para-hydroxylation sites is 2. The third kappa shape index (κ3) is 3.27. The Hall–Kier alpha value is -3.53. The van der Waals surface area contributed by atoms with Crippen molar-refractivity contribution in [3.05, 3.63) is 101 Å². The molecule has 4 heteroatoms. The molecule has 1 aliphatic heterocycles. The molecule has 0 saturated carbocycles. The maximum atomic E-state index is 13.4. The van der Waals surface area contributed by atoms with Gasteiger partial charge in [-0.15, -0.1) is 0 Å². The summed E-state index contributed by atoms with van der Waals surface area (Å²) in [4.78, 5) is 13.4. The van der Waals surface area contributed by atoms with Crippen LogP contribution in [0.2, 0.25) is 0 Å². The van der Waals surface area contributed by atoms with Crippen LogP contribution < -0.4 is 10.6 Å². The molecule has 144 valence electrons. The van der Waals surface area contributed by atoms with Crippen LogP contribution in [-0.4, -0.2) is 10.9 Å². The summed E-state index contributed by atoms with van der Waals surface area (Å²) < 4.78 is 0. The van der Waals surface area contributed by atoms with Gasteiger partial charge in [-0.2, -0.15) is 0 Å². The largest absolute Gasteiger partial charge is 0.508 e. The molecule has 0 aromatic heterocycles. The van der Waals surface area contributed by atoms with Gasteiger partial charge in [0.1, 0.15) is 5.75 Å². The highest BCUT2D eigenvalue weighted by Gasteiger charge is 2.35. The molecule has 0 spiro atoms. The van der Waals surface area contributed by atoms with Crippen molar-refractivity contribution in [2.45, 2.75) is 24.8 Å². The van der Waals surface area contributed by atoms with E-state index in [9.17, 15) is 9.90 Å². The third-order valence-corrected chi connectivity index (χ3v) is 5.81. The van der Waals surface area contributed by atoms with Crippen molar-refractivity contribution in [3.63, 3.8) is 0 Å². The first-order valence-electron chi connectivity index (χ1n) is 9.92. The highest BCUT2D eigenvalue weighted by molar-refractivity contribution is 6.01. The second-order valence-corrected chi connectivity index (χ2v) is 7.67. The molecule has 0 unspecified atom stereocenters. The van der Waals surface area contributed by atoms with E-state index in [1.807, 2.05) is 54.6 Å². The summed E-state index contributed by atoms with van der Waals surface area (Å²) in [5.74, 6) is 0.542. The fraction of sp³-hybridized carbons (Fsp3) is 0.160. The number of rotatable bonds is 2. The zero-order chi connectivity index (χ0) is 19.8. The van der Waals surface area contributed by atoms with E-state index in [2.05, 4.69) is 22.8 Å². The number of phenolic OH excluding ortho intramolecular Hbond substituents is 1. The number of ketones is 1. The monoisotopic (exact) mass is 382 g/mol. The average Bonchev–Trinajstić information content (AvgIpc) is 2.92. The van der Waals surface area contributed by atoms with Crippen molar-refractivity contribution in [1.82, 2.24) is 0 Å². The molecule has 4 nitrogen and oxygen atoms in total. The van der Waals surface area contributed by atoms with Crippen molar-refractivity contribution >= 4 is 17.2 Å². The summed E-state index contributed by atoms with van der Waals surface area (Å²) in [6.45, 7) is 0. The lowest BCUT2D eigenvalue weighted by Crippen LogP contribution is -2.26. The Labute approximate surface area is 169 Å². The van der Waals surface area contributed by atoms with Crippen molar-refractivity contribution in [3.8, 4) is 5.75 Å². The number of allylic oxidation sites excluding steroid dienone is 1. The van der Waals surface area contributed by atoms with Gasteiger partial charge in [-0.1, -0.05) is 54.6 Å². The molecule has 3 aromatic carbocycles. The van der Waals surface area contributed by atoms with Crippen molar-refractivity contribution in [1.29, 1.82) is 0 Å². The Bertz CT molecular complexity index is 1090. The Morgan fingerprint density at radius 1 is 0.759 bits per heavy atom. The summed E-state index contributed by atoms with van der Waals surface area (Å²) in [6.07, 6.45) is 1.28. The molecule has 1 heterocycles. The first kappa shape index (κ1) is 17.6. The Morgan fingerprint density at radius 3 is 2.21 bits per heavy atom. The zero-order valence-corrected chi connectivity index (χ0v) is 15.9. The maximum Gasteiger partial charge on any atom is 0.163 e. The molecule has 3 aromatic rings. The number of phenols is 1. The summed E-state index contributed by atoms with van der Waals surface area (Å²) >= 11 is 0. The van der Waals surface area contributed by atoms with Crippen LogP contribution in [0.4, 0.5) is 11.4 Å². The number of carbonyl (C=O) groups excluding carboxylic acids is 1. The van der Waals surface area contributed by atoms with E-state index in [1.165, 1.54) is 5.56 Å². The number of aromatic hydroxyl groups is 1. The molecule has 0 fully saturated rings. The summed E-state index contributed by atoms with van der Waals surface area (Å²) in [6, 6.07) is 25.1. The highest BCUT2D eigenvalue weighted by Crippen LogP contribution is 2.44. The van der Waals surface area contributed by atoms with Crippen LogP contribution in [0.25, 0.3) is 0 Å². The number of Topliss-reactive ketones (excluding diaryl/α,β-unsaturated/α-hetero) is 1. The van der Waals surface area contributed by atoms with Crippen LogP contribution in [0.1, 0.15) is 35.9 Å². The standard InChI is InChI=1S/C25H22N2O2/c28-19-12-10-17(11-13-19)25-24-22(26-20-8-4-5-9-21(20)27-25)14-18(15-23(24)29)16-6-2-1-3-7-16/h1-13,18,25-28H,14-15H2/t18-,25+/m1/s1. The molecule has 1 aliphatic carbocycles. The number of anilines is 2. The van der Waals surface area contributed by atoms with E-state index < -0.39 is 0 Å². The minimum Gasteiger partial charge on any atom is -0.508 e. The van der Waals surface area contributed by atoms with E-state index in [-0.39, 0.29) is 23.5 Å². The van der Waals surface area contributed by atoms with Crippen molar-refractivity contribution < 1.29 is 9.90 Å². The predicted molar refractivity (Wildman–Crippen MR) is 115 cm³/mol. The molecule has 0 bridgehead atoms. The maximum absolute atomic E-state index is 13.4. The first-order valence-corrected chi connectivity index (χ1v) is 9.92. The molecule has 2 atom stereocenters. The molecule has 0 saturated heterocycles. The van der Waals surface area contributed by atoms with Gasteiger partial charge in [-0.05, 0) is 47.7 Å². The lowest BCUT2D eigenvalue weighted by molar-refractivity contribution is -0.116. The van der Waals surface area contributed by atoms with Gasteiger partial charge in [0.15, 0.2) is 5.78 Å². The normalized spacial score (nSPS) is 20.8. The van der Waals surface area contributed by atoms with Crippen LogP contribution in [0.3, 0.4) is 0 Å². The number of nitrogens with one attached hydrogen (secondary N) is 2. The molecule has 0 radical (unpaired) electrons. The van der Waals surface area contributed by atoms with E-state index in [0.29, 0.717) is 6.42 Å². The fourth-order valence-corrected chi connectivity index (χ4v) is 4.37. The van der Waals surface area contributed by atoms with Gasteiger partial charge in [0.2, 0.25) is 0 Å². The third-order valence-electron chi connectivity index (χ3n) is 5.81. The zero-order valence-electron chi connectivity index (χ0n) is 15.9. The van der Waals surface area contributed by atoms with Gasteiger partial charge in [-0.3, -0.25) is 4.79 Å². The number of carbonyl (C=O) groups is 1. The number of benzene rings is 3. The number of hydrogen-bond acceptors (Lipinski definition) is 4. The van der Waals surface area contributed by atoms with Gasteiger partial charge in [-0.25, -0.2) is 0 Å². The van der Waals surface area contributed by atoms with Gasteiger partial charge < -0.3 is 15.7 Å². The van der Waals surface area contributed by atoms with Gasteiger partial charge in [0.25, 0.3) is 0 Å². The van der Waals surface area contributed by atoms with Crippen LogP contribution in [0.5, 0.6) is 5.75 Å². The average molecular weight is 382 g/mol. The van der Waals surface area contributed by atoms with E-state index in [1.54, 1.807) is 12.1 Å². The van der Waals surface area contributed by atoms with E-state index >= 15 is 0 Å². The highest BCUT2D eigenvalue weighted by atomic mass is 16.3. The Morgan fingerprint density at radius 2 is 1.45 bits per heavy atom. The molecule has 3 N–H and O–H groups in total. The van der Waals surface area contributed by atoms with Gasteiger partial charge in [0.05, 0.1) is 17.4 Å². The van der Waals surface area contributed by atoms with Gasteiger partial charge in [0, 0.05) is 17.7 Å². The SMILES string of the molecule is O=C1C[C@H](c2ccccc2)CC2=C1[C@H](c1ccc(O)cc1)Nc1ccccc1N2. The lowest BCUT2D eigenvalue weighted by atomic mass is 9.78. The smallest absolute Gasteiger partial charge is 0.163 e. The van der Waals surface area contributed by atoms with E-state index in [0.717, 1.165) is 34.6 Å². The summed E-state index contributed by atoms with van der Waals surface area (Å²) in [5.41, 5.74) is 5.86. The Kier molecular flexibility index (Phi) is 4.32. The van der Waals surface area contributed by atoms with Crippen LogP contribution in [-0.2, 0) is 4.79 Å². The second kappa shape index (κ2) is 7.13. The molecule has 2 aliphatic rings. The molecule has 5 rings (SSSR count). The topological polar surface area (TPSA) is 61.4 Å². The van der Waals surface area contributed by atoms with E-state index in [4.69, 9.17) is 0 Å². The first-order chi connectivity index (χ1) is 14.2. The van der Waals surface area contributed by atoms with Crippen molar-refractivity contribution in [2.24, 2.45) is 0 Å². The lowest BCUT2D eigenvalue weighted by Gasteiger charge is -2.30. The molecular weight excluding hydrogens is 360 g/mol. The number of fused-ring (bicyclic) bond motifs is 1. The molecule has 29 heavy (non-hydrogen) atoms. The Balaban J connectivity index is 1.61.